The molecule has 2 unspecified atom stereocenters. The van der Waals surface area contributed by atoms with Crippen molar-refractivity contribution in [1.29, 1.82) is 0 Å². The van der Waals surface area contributed by atoms with Crippen LogP contribution in [0.4, 0.5) is 0 Å². The lowest BCUT2D eigenvalue weighted by Crippen LogP contribution is -2.40. The molecule has 2 aromatic rings. The Morgan fingerprint density at radius 2 is 1.84 bits per heavy atom. The van der Waals surface area contributed by atoms with Crippen molar-refractivity contribution >= 4 is 17.4 Å². The fourth-order valence-corrected chi connectivity index (χ4v) is 5.18. The normalized spacial score (nSPS) is 25.5. The maximum Gasteiger partial charge on any atom is 0.295 e. The van der Waals surface area contributed by atoms with Gasteiger partial charge in [0.15, 0.2) is 0 Å². The summed E-state index contributed by atoms with van der Waals surface area (Å²) in [5.41, 5.74) is 2.49. The predicted octanol–water partition coefficient (Wildman–Crippen LogP) is 4.16. The maximum atomic E-state index is 13.2. The van der Waals surface area contributed by atoms with E-state index in [1.54, 1.807) is 23.4 Å². The highest BCUT2D eigenvalue weighted by Gasteiger charge is 2.48. The molecule has 2 aliphatic heterocycles. The van der Waals surface area contributed by atoms with Crippen LogP contribution in [0.3, 0.4) is 0 Å². The third kappa shape index (κ3) is 3.40. The van der Waals surface area contributed by atoms with Gasteiger partial charge in [0.2, 0.25) is 0 Å². The van der Waals surface area contributed by atoms with Crippen molar-refractivity contribution in [3.8, 4) is 5.75 Å². The minimum atomic E-state index is -0.616. The largest absolute Gasteiger partial charge is 0.507 e. The van der Waals surface area contributed by atoms with Gasteiger partial charge in [0.1, 0.15) is 17.6 Å². The van der Waals surface area contributed by atoms with E-state index in [1.165, 1.54) is 0 Å². The molecule has 3 aliphatic rings. The number of aliphatic hydroxyl groups is 1. The van der Waals surface area contributed by atoms with Crippen molar-refractivity contribution in [1.82, 2.24) is 9.88 Å². The van der Waals surface area contributed by atoms with Gasteiger partial charge in [-0.25, -0.2) is 0 Å². The molecule has 31 heavy (non-hydrogen) atoms. The van der Waals surface area contributed by atoms with E-state index in [0.29, 0.717) is 5.56 Å². The van der Waals surface area contributed by atoms with Gasteiger partial charge >= 0.3 is 0 Å². The van der Waals surface area contributed by atoms with Crippen LogP contribution >= 0.6 is 0 Å². The highest BCUT2D eigenvalue weighted by Crippen LogP contribution is 2.43. The number of nitrogens with zero attached hydrogens (tertiary/aromatic N) is 2. The van der Waals surface area contributed by atoms with Gasteiger partial charge in [0.05, 0.1) is 11.6 Å². The number of aromatic nitrogens is 1. The quantitative estimate of drug-likeness (QED) is 0.460. The highest BCUT2D eigenvalue weighted by molar-refractivity contribution is 6.46. The molecule has 160 valence electrons. The van der Waals surface area contributed by atoms with E-state index in [1.807, 2.05) is 31.2 Å². The summed E-state index contributed by atoms with van der Waals surface area (Å²) in [5, 5.41) is 11.3. The zero-order valence-electron chi connectivity index (χ0n) is 17.6. The maximum absolute atomic E-state index is 13.2. The lowest BCUT2D eigenvalue weighted by atomic mass is 9.91. The molecule has 1 saturated carbocycles. The van der Waals surface area contributed by atoms with Gasteiger partial charge in [-0.2, -0.15) is 0 Å². The number of fused-ring (bicyclic) bond motifs is 1. The third-order valence-electron chi connectivity index (χ3n) is 6.64. The minimum Gasteiger partial charge on any atom is -0.507 e. The zero-order chi connectivity index (χ0) is 21.5. The van der Waals surface area contributed by atoms with E-state index in [-0.39, 0.29) is 23.5 Å². The Morgan fingerprint density at radius 3 is 2.58 bits per heavy atom. The number of carbonyl (C=O) groups excluding carboxylic acids is 2. The minimum absolute atomic E-state index is 0.00272. The molecule has 6 heteroatoms. The average molecular weight is 418 g/mol. The van der Waals surface area contributed by atoms with Crippen LogP contribution in [0.2, 0.25) is 0 Å². The number of rotatable bonds is 3. The van der Waals surface area contributed by atoms with Crippen molar-refractivity contribution < 1.29 is 19.4 Å². The molecule has 6 nitrogen and oxygen atoms in total. The molecule has 0 spiro atoms. The lowest BCUT2D eigenvalue weighted by Gasteiger charge is -2.35. The van der Waals surface area contributed by atoms with Crippen LogP contribution in [0, 0.1) is 0 Å². The van der Waals surface area contributed by atoms with Crippen LogP contribution in [-0.2, 0) is 16.0 Å². The molecule has 1 aromatic heterocycles. The molecule has 0 radical (unpaired) electrons. The van der Waals surface area contributed by atoms with Gasteiger partial charge in [-0.05, 0) is 61.2 Å². The first-order valence-corrected chi connectivity index (χ1v) is 11.0. The summed E-state index contributed by atoms with van der Waals surface area (Å²) in [4.78, 5) is 32.1. The molecule has 1 N–H and O–H groups in total. The van der Waals surface area contributed by atoms with Crippen LogP contribution in [-0.4, -0.2) is 38.8 Å². The summed E-state index contributed by atoms with van der Waals surface area (Å²) in [6, 6.07) is 8.48. The molecule has 1 aliphatic carbocycles. The van der Waals surface area contributed by atoms with E-state index in [9.17, 15) is 14.7 Å². The van der Waals surface area contributed by atoms with Crippen molar-refractivity contribution in [2.24, 2.45) is 0 Å². The molecule has 1 amide bonds. The molecule has 0 bridgehead atoms. The summed E-state index contributed by atoms with van der Waals surface area (Å²) in [6.45, 7) is 2.00. The van der Waals surface area contributed by atoms with E-state index < -0.39 is 17.7 Å². The van der Waals surface area contributed by atoms with Crippen LogP contribution in [0.25, 0.3) is 5.76 Å². The van der Waals surface area contributed by atoms with Crippen molar-refractivity contribution in [3.05, 3.63) is 65.0 Å². The standard InChI is InChI=1S/C25H26N2O4/c1-15-13-18-14-17(7-8-20(18)31-15)23(28)21-22(16-9-11-26-12-10-16)27(25(30)24(21)29)19-5-3-2-4-6-19/h7-12,14-15,19,22,28H,2-6,13H2,1H3/b23-21-. The Morgan fingerprint density at radius 1 is 1.10 bits per heavy atom. The van der Waals surface area contributed by atoms with E-state index in [4.69, 9.17) is 4.74 Å². The van der Waals surface area contributed by atoms with E-state index in [2.05, 4.69) is 4.98 Å². The lowest BCUT2D eigenvalue weighted by molar-refractivity contribution is -0.141. The number of ketones is 1. The summed E-state index contributed by atoms with van der Waals surface area (Å²) >= 11 is 0. The number of aliphatic hydroxyl groups excluding tert-OH is 1. The number of Topliss-reactive ketones (excluding diaryl/α,β-unsaturated/α-hetero) is 1. The van der Waals surface area contributed by atoms with Crippen molar-refractivity contribution in [2.75, 3.05) is 0 Å². The Balaban J connectivity index is 1.62. The predicted molar refractivity (Wildman–Crippen MR) is 115 cm³/mol. The molecule has 2 atom stereocenters. The second-order valence-electron chi connectivity index (χ2n) is 8.73. The first-order chi connectivity index (χ1) is 15.0. The number of amides is 1. The van der Waals surface area contributed by atoms with E-state index in [0.717, 1.165) is 55.4 Å². The number of hydrogen-bond donors (Lipinski definition) is 1. The second kappa shape index (κ2) is 7.84. The number of pyridine rings is 1. The molecule has 5 rings (SSSR count). The monoisotopic (exact) mass is 418 g/mol. The Labute approximate surface area is 181 Å². The molecule has 1 saturated heterocycles. The second-order valence-corrected chi connectivity index (χ2v) is 8.73. The molecule has 1 aromatic carbocycles. The summed E-state index contributed by atoms with van der Waals surface area (Å²) in [6.07, 6.45) is 9.14. The van der Waals surface area contributed by atoms with Crippen molar-refractivity contribution in [2.45, 2.75) is 63.6 Å². The van der Waals surface area contributed by atoms with Crippen LogP contribution in [0.5, 0.6) is 5.75 Å². The van der Waals surface area contributed by atoms with Crippen LogP contribution in [0.1, 0.15) is 61.8 Å². The fourth-order valence-electron chi connectivity index (χ4n) is 5.18. The summed E-state index contributed by atoms with van der Waals surface area (Å²) in [5.74, 6) is -0.457. The van der Waals surface area contributed by atoms with Crippen LogP contribution in [0.15, 0.2) is 48.3 Å². The molecule has 2 fully saturated rings. The smallest absolute Gasteiger partial charge is 0.295 e. The van der Waals surface area contributed by atoms with Gasteiger partial charge < -0.3 is 14.7 Å². The summed E-state index contributed by atoms with van der Waals surface area (Å²) in [7, 11) is 0. The Kier molecular flexibility index (Phi) is 5.00. The zero-order valence-corrected chi connectivity index (χ0v) is 17.6. The Hall–Kier alpha value is -3.15. The Bertz CT molecular complexity index is 1060. The fraction of sp³-hybridized carbons (Fsp3) is 0.400. The number of benzene rings is 1. The first kappa shape index (κ1) is 19.8. The third-order valence-corrected chi connectivity index (χ3v) is 6.64. The SMILES string of the molecule is CC1Cc2cc(/C(O)=C3/C(=O)C(=O)N(C4CCCCC4)C3c3ccncc3)ccc2O1. The first-order valence-electron chi connectivity index (χ1n) is 11.0. The topological polar surface area (TPSA) is 79.7 Å². The highest BCUT2D eigenvalue weighted by atomic mass is 16.5. The van der Waals surface area contributed by atoms with Crippen LogP contribution < -0.4 is 4.74 Å². The van der Waals surface area contributed by atoms with Gasteiger partial charge in [0.25, 0.3) is 11.7 Å². The van der Waals surface area contributed by atoms with Gasteiger partial charge in [-0.1, -0.05) is 19.3 Å². The number of carbonyl (C=O) groups is 2. The molecule has 3 heterocycles. The number of likely N-dealkylation sites (tertiary alicyclic amines) is 1. The van der Waals surface area contributed by atoms with Crippen molar-refractivity contribution in [3.63, 3.8) is 0 Å². The molecular weight excluding hydrogens is 392 g/mol. The van der Waals surface area contributed by atoms with E-state index >= 15 is 0 Å². The number of ether oxygens (including phenoxy) is 1. The molecular formula is C25H26N2O4. The average Bonchev–Trinajstić information content (AvgIpc) is 3.30. The summed E-state index contributed by atoms with van der Waals surface area (Å²) < 4.78 is 5.76. The van der Waals surface area contributed by atoms with Gasteiger partial charge in [0, 0.05) is 30.4 Å². The number of hydrogen-bond acceptors (Lipinski definition) is 5. The van der Waals surface area contributed by atoms with Gasteiger partial charge in [-0.15, -0.1) is 0 Å². The van der Waals surface area contributed by atoms with Gasteiger partial charge in [-0.3, -0.25) is 14.6 Å².